The molecule has 0 unspecified atom stereocenters. The van der Waals surface area contributed by atoms with Crippen LogP contribution in [0.25, 0.3) is 0 Å². The molecule has 1 amide bonds. The Bertz CT molecular complexity index is 598. The van der Waals surface area contributed by atoms with Gasteiger partial charge < -0.3 is 16.0 Å². The minimum Gasteiger partial charge on any atom is -0.382 e. The molecule has 3 N–H and O–H groups in total. The lowest BCUT2D eigenvalue weighted by molar-refractivity contribution is -0.179. The Labute approximate surface area is 165 Å². The number of hydrogen-bond acceptors (Lipinski definition) is 3. The normalized spacial score (nSPS) is 20.8. The van der Waals surface area contributed by atoms with Crippen molar-refractivity contribution in [1.29, 1.82) is 0 Å². The van der Waals surface area contributed by atoms with Crippen molar-refractivity contribution in [2.45, 2.75) is 64.6 Å². The highest BCUT2D eigenvalue weighted by atomic mass is 19.4. The average Bonchev–Trinajstić information content (AvgIpc) is 2.64. The zero-order valence-electron chi connectivity index (χ0n) is 16.8. The van der Waals surface area contributed by atoms with E-state index >= 15 is 0 Å². The largest absolute Gasteiger partial charge is 0.391 e. The number of carbonyl (C=O) groups is 1. The first-order valence-electron chi connectivity index (χ1n) is 9.98. The third kappa shape index (κ3) is 6.60. The maximum absolute atomic E-state index is 12.8. The van der Waals surface area contributed by atoms with Crippen molar-refractivity contribution in [3.63, 3.8) is 0 Å². The number of hydrogen-bond donors (Lipinski definition) is 2. The van der Waals surface area contributed by atoms with Crippen molar-refractivity contribution in [2.75, 3.05) is 23.3 Å². The first-order chi connectivity index (χ1) is 13.1. The molecule has 1 aromatic rings. The Morgan fingerprint density at radius 2 is 1.57 bits per heavy atom. The predicted molar refractivity (Wildman–Crippen MR) is 107 cm³/mol. The van der Waals surface area contributed by atoms with Crippen LogP contribution in [0, 0.1) is 11.3 Å². The second kappa shape index (κ2) is 9.52. The number of alkyl halides is 3. The Kier molecular flexibility index (Phi) is 7.61. The van der Waals surface area contributed by atoms with Crippen LogP contribution in [0.2, 0.25) is 0 Å². The fraction of sp³-hybridized carbons (Fsp3) is 0.667. The van der Waals surface area contributed by atoms with Crippen LogP contribution in [0.5, 0.6) is 0 Å². The minimum atomic E-state index is -4.05. The molecule has 1 aliphatic carbocycles. The van der Waals surface area contributed by atoms with Crippen molar-refractivity contribution in [3.8, 4) is 0 Å². The Morgan fingerprint density at radius 1 is 1.07 bits per heavy atom. The molecule has 0 spiro atoms. The first-order valence-corrected chi connectivity index (χ1v) is 9.98. The molecule has 1 aliphatic heterocycles. The molecule has 1 saturated carbocycles. The maximum Gasteiger partial charge on any atom is 0.391 e. The van der Waals surface area contributed by atoms with Crippen molar-refractivity contribution < 1.29 is 18.0 Å². The second-order valence-electron chi connectivity index (χ2n) is 8.57. The van der Waals surface area contributed by atoms with Crippen LogP contribution in [0.3, 0.4) is 0 Å². The van der Waals surface area contributed by atoms with Gasteiger partial charge in [0, 0.05) is 30.5 Å². The van der Waals surface area contributed by atoms with E-state index in [0.29, 0.717) is 24.5 Å². The Balaban J connectivity index is 0.000000878. The van der Waals surface area contributed by atoms with Gasteiger partial charge in [0.1, 0.15) is 0 Å². The quantitative estimate of drug-likeness (QED) is 0.707. The molecular weight excluding hydrogens is 367 g/mol. The number of primary amides is 1. The van der Waals surface area contributed by atoms with Gasteiger partial charge in [-0.25, -0.2) is 0 Å². The van der Waals surface area contributed by atoms with Gasteiger partial charge in [-0.15, -0.1) is 0 Å². The van der Waals surface area contributed by atoms with Crippen molar-refractivity contribution in [3.05, 3.63) is 24.3 Å². The van der Waals surface area contributed by atoms with Crippen LogP contribution >= 0.6 is 0 Å². The number of rotatable bonds is 3. The van der Waals surface area contributed by atoms with Gasteiger partial charge >= 0.3 is 6.18 Å². The van der Waals surface area contributed by atoms with E-state index in [1.54, 1.807) is 0 Å². The van der Waals surface area contributed by atoms with E-state index in [-0.39, 0.29) is 19.3 Å². The van der Waals surface area contributed by atoms with Gasteiger partial charge in [0.25, 0.3) is 0 Å². The molecule has 0 atom stereocenters. The number of amides is 1. The molecular formula is C21H32F3N3O. The van der Waals surface area contributed by atoms with Crippen molar-refractivity contribution >= 4 is 17.8 Å². The summed E-state index contributed by atoms with van der Waals surface area (Å²) < 4.78 is 38.3. The molecule has 1 saturated heterocycles. The number of benzene rings is 1. The first kappa shape index (κ1) is 22.4. The van der Waals surface area contributed by atoms with E-state index < -0.39 is 12.1 Å². The topological polar surface area (TPSA) is 58.4 Å². The Morgan fingerprint density at radius 3 is 2.04 bits per heavy atom. The lowest BCUT2D eigenvalue weighted by atomic mass is 9.75. The predicted octanol–water partition coefficient (Wildman–Crippen LogP) is 4.95. The van der Waals surface area contributed by atoms with Gasteiger partial charge in [-0.1, -0.05) is 13.8 Å². The maximum atomic E-state index is 12.8. The van der Waals surface area contributed by atoms with Gasteiger partial charge in [0.15, 0.2) is 0 Å². The molecule has 2 aliphatic rings. The van der Waals surface area contributed by atoms with Gasteiger partial charge in [0.05, 0.1) is 5.92 Å². The third-order valence-electron chi connectivity index (χ3n) is 5.90. The molecule has 28 heavy (non-hydrogen) atoms. The van der Waals surface area contributed by atoms with Crippen LogP contribution in [-0.2, 0) is 4.79 Å². The zero-order valence-corrected chi connectivity index (χ0v) is 16.8. The summed E-state index contributed by atoms with van der Waals surface area (Å²) in [5, 5.41) is 3.61. The number of halogens is 3. The van der Waals surface area contributed by atoms with E-state index in [9.17, 15) is 13.2 Å². The Hall–Kier alpha value is -1.92. The fourth-order valence-electron chi connectivity index (χ4n) is 4.01. The average molecular weight is 400 g/mol. The van der Waals surface area contributed by atoms with Crippen LogP contribution < -0.4 is 16.0 Å². The lowest BCUT2D eigenvalue weighted by Gasteiger charge is -2.35. The summed E-state index contributed by atoms with van der Waals surface area (Å²) in [7, 11) is 0. The standard InChI is InChI=1S/C20H29F3N2.CH3NO/c1-19(2)11-7-17(8-12-19)24-16-3-5-18(6-4-16)25-13-9-15(10-14-25)20(21,22)23;2-1-3/h3-6,15,17,24H,7-14H2,1-2H3;1H,(H2,2,3). The number of piperidine rings is 1. The molecule has 4 nitrogen and oxygen atoms in total. The SMILES string of the molecule is CC1(C)CCC(Nc2ccc(N3CCC(C(F)(F)F)CC3)cc2)CC1.NC=O. The lowest BCUT2D eigenvalue weighted by Crippen LogP contribution is -2.39. The third-order valence-corrected chi connectivity index (χ3v) is 5.90. The van der Waals surface area contributed by atoms with Gasteiger partial charge in [-0.3, -0.25) is 4.79 Å². The molecule has 7 heteroatoms. The number of nitrogens with one attached hydrogen (secondary N) is 1. The summed E-state index contributed by atoms with van der Waals surface area (Å²) >= 11 is 0. The molecule has 3 rings (SSSR count). The van der Waals surface area contributed by atoms with Gasteiger partial charge in [-0.2, -0.15) is 13.2 Å². The summed E-state index contributed by atoms with van der Waals surface area (Å²) in [6.45, 7) is 5.63. The van der Waals surface area contributed by atoms with E-state index in [0.717, 1.165) is 11.4 Å². The smallest absolute Gasteiger partial charge is 0.382 e. The summed E-state index contributed by atoms with van der Waals surface area (Å²) in [5.41, 5.74) is 6.76. The summed E-state index contributed by atoms with van der Waals surface area (Å²) in [6.07, 6.45) is 1.48. The number of carbonyl (C=O) groups excluding carboxylic acids is 1. The molecule has 0 radical (unpaired) electrons. The second-order valence-corrected chi connectivity index (χ2v) is 8.57. The summed E-state index contributed by atoms with van der Waals surface area (Å²) in [6, 6.07) is 8.71. The number of anilines is 2. The van der Waals surface area contributed by atoms with Crippen LogP contribution in [0.1, 0.15) is 52.4 Å². The highest BCUT2D eigenvalue weighted by molar-refractivity contribution is 5.55. The summed E-state index contributed by atoms with van der Waals surface area (Å²) in [4.78, 5) is 10.6. The zero-order chi connectivity index (χ0) is 20.8. The highest BCUT2D eigenvalue weighted by Crippen LogP contribution is 2.37. The van der Waals surface area contributed by atoms with E-state index in [1.807, 2.05) is 12.1 Å². The van der Waals surface area contributed by atoms with Crippen molar-refractivity contribution in [2.24, 2.45) is 17.1 Å². The number of nitrogens with zero attached hydrogens (tertiary/aromatic N) is 1. The molecule has 2 fully saturated rings. The van der Waals surface area contributed by atoms with Crippen LogP contribution in [0.4, 0.5) is 24.5 Å². The minimum absolute atomic E-state index is 0.196. The van der Waals surface area contributed by atoms with Crippen molar-refractivity contribution in [1.82, 2.24) is 0 Å². The summed E-state index contributed by atoms with van der Waals surface area (Å²) in [5.74, 6) is -1.14. The van der Waals surface area contributed by atoms with E-state index in [2.05, 4.69) is 41.9 Å². The van der Waals surface area contributed by atoms with Crippen LogP contribution in [-0.4, -0.2) is 31.7 Å². The van der Waals surface area contributed by atoms with E-state index in [1.165, 1.54) is 25.7 Å². The van der Waals surface area contributed by atoms with Crippen LogP contribution in [0.15, 0.2) is 24.3 Å². The number of nitrogens with two attached hydrogens (primary N) is 1. The highest BCUT2D eigenvalue weighted by Gasteiger charge is 2.41. The molecule has 158 valence electrons. The fourth-order valence-corrected chi connectivity index (χ4v) is 4.01. The molecule has 0 bridgehead atoms. The van der Waals surface area contributed by atoms with Gasteiger partial charge in [0.2, 0.25) is 6.41 Å². The monoisotopic (exact) mass is 399 g/mol. The molecule has 0 aromatic heterocycles. The van der Waals surface area contributed by atoms with E-state index in [4.69, 9.17) is 4.79 Å². The van der Waals surface area contributed by atoms with Gasteiger partial charge in [-0.05, 0) is 68.2 Å². The molecule has 1 heterocycles. The molecule has 1 aromatic carbocycles.